The quantitative estimate of drug-likeness (QED) is 0.149. The maximum absolute atomic E-state index is 5.21. The van der Waals surface area contributed by atoms with Crippen molar-refractivity contribution in [1.29, 1.82) is 0 Å². The molecule has 8 aromatic carbocycles. The second-order valence-corrected chi connectivity index (χ2v) is 16.4. The predicted molar refractivity (Wildman–Crippen MR) is 227 cm³/mol. The maximum atomic E-state index is 5.21. The van der Waals surface area contributed by atoms with E-state index in [2.05, 4.69) is 188 Å². The fraction of sp³-hybridized carbons (Fsp3) is 0. The van der Waals surface area contributed by atoms with Gasteiger partial charge in [0.1, 0.15) is 0 Å². The zero-order valence-corrected chi connectivity index (χ0v) is 30.9. The van der Waals surface area contributed by atoms with Crippen LogP contribution in [0.3, 0.4) is 0 Å². The SMILES string of the molecule is c1ccc(-c2ccc(S(c3ccccc3)(c3ccccc3)c3cc(-c4ccccc4)cc(-c4nc(-c5ccccc5)nc(-c5ccccc5)n4)c3)cc2)cc1. The van der Waals surface area contributed by atoms with Gasteiger partial charge in [-0.15, -0.1) is 10.0 Å². The standard InChI is InChI=1S/C51H37N3S/c1-7-19-38(20-8-1)40-31-33-47(34-32-40)55(45-27-15-5-16-28-45,46-29-17-6-18-30-46)48-36-43(39-21-9-2-10-22-39)35-44(37-48)51-53-49(41-23-11-3-12-24-41)52-50(54-51)42-25-13-4-14-26-42/h1-37H. The molecule has 0 spiro atoms. The number of hydrogen-bond donors (Lipinski definition) is 0. The molecule has 9 rings (SSSR count). The Bertz CT molecular complexity index is 2560. The molecule has 0 bridgehead atoms. The molecule has 0 amide bonds. The molecule has 0 unspecified atom stereocenters. The maximum Gasteiger partial charge on any atom is 0.164 e. The van der Waals surface area contributed by atoms with Crippen LogP contribution in [0.1, 0.15) is 0 Å². The molecular weight excluding hydrogens is 687 g/mol. The van der Waals surface area contributed by atoms with Crippen LogP contribution < -0.4 is 0 Å². The molecule has 0 atom stereocenters. The zero-order valence-electron chi connectivity index (χ0n) is 30.1. The van der Waals surface area contributed by atoms with Crippen molar-refractivity contribution < 1.29 is 0 Å². The molecule has 0 aliphatic heterocycles. The Hall–Kier alpha value is -6.88. The van der Waals surface area contributed by atoms with Crippen molar-refractivity contribution in [3.63, 3.8) is 0 Å². The molecule has 0 N–H and O–H groups in total. The van der Waals surface area contributed by atoms with Crippen LogP contribution in [0.15, 0.2) is 244 Å². The first-order chi connectivity index (χ1) is 27.3. The lowest BCUT2D eigenvalue weighted by Crippen LogP contribution is -2.06. The Morgan fingerprint density at radius 1 is 0.218 bits per heavy atom. The summed E-state index contributed by atoms with van der Waals surface area (Å²) in [5, 5.41) is 0. The van der Waals surface area contributed by atoms with E-state index in [1.807, 2.05) is 36.4 Å². The van der Waals surface area contributed by atoms with E-state index in [0.717, 1.165) is 27.8 Å². The topological polar surface area (TPSA) is 38.7 Å². The molecule has 0 saturated carbocycles. The third kappa shape index (κ3) is 6.76. The molecule has 0 aliphatic carbocycles. The Morgan fingerprint density at radius 3 is 0.964 bits per heavy atom. The largest absolute Gasteiger partial charge is 0.208 e. The van der Waals surface area contributed by atoms with Crippen LogP contribution in [0.2, 0.25) is 0 Å². The molecule has 0 aliphatic rings. The zero-order chi connectivity index (χ0) is 36.9. The first kappa shape index (κ1) is 33.9. The number of nitrogens with zero attached hydrogens (tertiary/aromatic N) is 3. The Labute approximate surface area is 324 Å². The highest BCUT2D eigenvalue weighted by atomic mass is 32.3. The van der Waals surface area contributed by atoms with Gasteiger partial charge in [-0.25, -0.2) is 15.0 Å². The monoisotopic (exact) mass is 723 g/mol. The van der Waals surface area contributed by atoms with E-state index in [9.17, 15) is 0 Å². The van der Waals surface area contributed by atoms with Crippen molar-refractivity contribution in [2.24, 2.45) is 0 Å². The van der Waals surface area contributed by atoms with E-state index in [4.69, 9.17) is 15.0 Å². The Morgan fingerprint density at radius 2 is 0.527 bits per heavy atom. The summed E-state index contributed by atoms with van der Waals surface area (Å²) >= 11 is 0. The summed E-state index contributed by atoms with van der Waals surface area (Å²) < 4.78 is 0. The van der Waals surface area contributed by atoms with E-state index >= 15 is 0 Å². The van der Waals surface area contributed by atoms with Gasteiger partial charge >= 0.3 is 0 Å². The summed E-state index contributed by atoms with van der Waals surface area (Å²) in [4.78, 5) is 20.4. The second-order valence-electron chi connectivity index (χ2n) is 13.3. The van der Waals surface area contributed by atoms with Crippen molar-refractivity contribution >= 4 is 10.0 Å². The fourth-order valence-corrected chi connectivity index (χ4v) is 11.1. The highest BCUT2D eigenvalue weighted by Gasteiger charge is 2.34. The van der Waals surface area contributed by atoms with Crippen LogP contribution in [0, 0.1) is 0 Å². The summed E-state index contributed by atoms with van der Waals surface area (Å²) in [7, 11) is -2.07. The van der Waals surface area contributed by atoms with Crippen LogP contribution in [-0.4, -0.2) is 15.0 Å². The third-order valence-electron chi connectivity index (χ3n) is 9.83. The highest BCUT2D eigenvalue weighted by molar-refractivity contribution is 8.34. The van der Waals surface area contributed by atoms with E-state index < -0.39 is 10.0 Å². The number of hydrogen-bond acceptors (Lipinski definition) is 3. The van der Waals surface area contributed by atoms with Crippen LogP contribution in [0.4, 0.5) is 0 Å². The van der Waals surface area contributed by atoms with Crippen molar-refractivity contribution in [2.75, 3.05) is 0 Å². The summed E-state index contributed by atoms with van der Waals surface area (Å²) in [5.74, 6) is 1.90. The average Bonchev–Trinajstić information content (AvgIpc) is 3.28. The summed E-state index contributed by atoms with van der Waals surface area (Å²) in [5.41, 5.74) is 7.41. The Kier molecular flexibility index (Phi) is 9.39. The molecule has 4 heteroatoms. The van der Waals surface area contributed by atoms with Crippen LogP contribution in [0.5, 0.6) is 0 Å². The van der Waals surface area contributed by atoms with Gasteiger partial charge in [-0.2, -0.15) is 0 Å². The van der Waals surface area contributed by atoms with E-state index in [-0.39, 0.29) is 0 Å². The van der Waals surface area contributed by atoms with Crippen LogP contribution in [0.25, 0.3) is 56.4 Å². The van der Waals surface area contributed by atoms with Crippen LogP contribution in [-0.2, 0) is 0 Å². The van der Waals surface area contributed by atoms with Crippen molar-refractivity contribution in [3.8, 4) is 56.4 Å². The van der Waals surface area contributed by atoms with Gasteiger partial charge < -0.3 is 0 Å². The lowest BCUT2D eigenvalue weighted by atomic mass is 10.0. The lowest BCUT2D eigenvalue weighted by molar-refractivity contribution is 1.07. The number of benzene rings is 8. The van der Waals surface area contributed by atoms with E-state index in [1.54, 1.807) is 0 Å². The Balaban J connectivity index is 1.35. The third-order valence-corrected chi connectivity index (χ3v) is 13.7. The first-order valence-corrected chi connectivity index (χ1v) is 20.1. The van der Waals surface area contributed by atoms with Gasteiger partial charge in [0, 0.05) is 36.3 Å². The van der Waals surface area contributed by atoms with Gasteiger partial charge in [-0.3, -0.25) is 0 Å². The van der Waals surface area contributed by atoms with Gasteiger partial charge in [0.2, 0.25) is 0 Å². The van der Waals surface area contributed by atoms with E-state index in [1.165, 1.54) is 30.7 Å². The summed E-state index contributed by atoms with van der Waals surface area (Å²) in [6.07, 6.45) is 0. The summed E-state index contributed by atoms with van der Waals surface area (Å²) in [6, 6.07) is 79.7. The fourth-order valence-electron chi connectivity index (χ4n) is 7.19. The van der Waals surface area contributed by atoms with E-state index in [0.29, 0.717) is 17.5 Å². The van der Waals surface area contributed by atoms with Crippen LogP contribution >= 0.6 is 10.0 Å². The molecule has 0 fully saturated rings. The van der Waals surface area contributed by atoms with Crippen molar-refractivity contribution in [2.45, 2.75) is 19.6 Å². The number of aromatic nitrogens is 3. The molecule has 3 nitrogen and oxygen atoms in total. The minimum Gasteiger partial charge on any atom is -0.208 e. The molecule has 1 heterocycles. The molecule has 0 saturated heterocycles. The van der Waals surface area contributed by atoms with Gasteiger partial charge in [0.25, 0.3) is 0 Å². The predicted octanol–water partition coefficient (Wildman–Crippen LogP) is 13.5. The first-order valence-electron chi connectivity index (χ1n) is 18.4. The molecule has 55 heavy (non-hydrogen) atoms. The smallest absolute Gasteiger partial charge is 0.164 e. The van der Waals surface area contributed by atoms with Gasteiger partial charge in [-0.1, -0.05) is 170 Å². The second kappa shape index (κ2) is 15.2. The normalized spacial score (nSPS) is 11.6. The highest BCUT2D eigenvalue weighted by Crippen LogP contribution is 2.74. The minimum atomic E-state index is -2.07. The van der Waals surface area contributed by atoms with Gasteiger partial charge in [-0.05, 0) is 76.9 Å². The van der Waals surface area contributed by atoms with Crippen molar-refractivity contribution in [1.82, 2.24) is 15.0 Å². The molecule has 9 aromatic rings. The average molecular weight is 724 g/mol. The van der Waals surface area contributed by atoms with Gasteiger partial charge in [0.15, 0.2) is 17.5 Å². The molecular formula is C51H37N3S. The summed E-state index contributed by atoms with van der Waals surface area (Å²) in [6.45, 7) is 0. The van der Waals surface area contributed by atoms with Crippen molar-refractivity contribution in [3.05, 3.63) is 224 Å². The molecule has 1 aromatic heterocycles. The molecule has 0 radical (unpaired) electrons. The lowest BCUT2D eigenvalue weighted by Gasteiger charge is -2.42. The number of rotatable bonds is 9. The van der Waals surface area contributed by atoms with Gasteiger partial charge in [0.05, 0.1) is 0 Å². The molecule has 262 valence electrons. The minimum absolute atomic E-state index is 0.626.